The lowest BCUT2D eigenvalue weighted by Gasteiger charge is -2.19. The molecule has 0 aliphatic rings. The van der Waals surface area contributed by atoms with Crippen LogP contribution < -0.4 is 5.32 Å². The fourth-order valence-electron chi connectivity index (χ4n) is 3.08. The van der Waals surface area contributed by atoms with E-state index < -0.39 is 10.0 Å². The number of aryl methyl sites for hydroxylation is 1. The molecule has 0 unspecified atom stereocenters. The minimum atomic E-state index is -3.50. The van der Waals surface area contributed by atoms with E-state index in [9.17, 15) is 13.2 Å². The van der Waals surface area contributed by atoms with Gasteiger partial charge in [-0.05, 0) is 30.5 Å². The molecule has 1 aromatic heterocycles. The summed E-state index contributed by atoms with van der Waals surface area (Å²) >= 11 is 0. The topological polar surface area (TPSA) is 82.3 Å². The number of hydrogen-bond acceptors (Lipinski definition) is 3. The van der Waals surface area contributed by atoms with Gasteiger partial charge in [0.25, 0.3) is 0 Å². The second-order valence-corrected chi connectivity index (χ2v) is 8.96. The van der Waals surface area contributed by atoms with Crippen molar-refractivity contribution in [3.63, 3.8) is 0 Å². The highest BCUT2D eigenvalue weighted by Crippen LogP contribution is 2.17. The normalized spacial score (nSPS) is 11.8. The first kappa shape index (κ1) is 20.1. The lowest BCUT2D eigenvalue weighted by molar-refractivity contribution is -0.121. The van der Waals surface area contributed by atoms with Gasteiger partial charge in [-0.1, -0.05) is 48.0 Å². The van der Waals surface area contributed by atoms with Crippen molar-refractivity contribution in [3.8, 4) is 0 Å². The number of benzene rings is 2. The first-order valence-electron chi connectivity index (χ1n) is 9.15. The molecule has 3 rings (SSSR count). The third kappa shape index (κ3) is 5.21. The molecule has 148 valence electrons. The summed E-state index contributed by atoms with van der Waals surface area (Å²) in [5.74, 6) is -0.308. The lowest BCUT2D eigenvalue weighted by Crippen LogP contribution is -2.40. The fourth-order valence-corrected chi connectivity index (χ4v) is 3.81. The van der Waals surface area contributed by atoms with E-state index in [0.717, 1.165) is 33.8 Å². The van der Waals surface area contributed by atoms with Crippen LogP contribution in [0.4, 0.5) is 0 Å². The molecule has 2 aromatic carbocycles. The van der Waals surface area contributed by atoms with E-state index in [4.69, 9.17) is 0 Å². The van der Waals surface area contributed by atoms with Gasteiger partial charge in [-0.15, -0.1) is 0 Å². The maximum absolute atomic E-state index is 12.3. The van der Waals surface area contributed by atoms with Gasteiger partial charge >= 0.3 is 0 Å². The Kier molecular flexibility index (Phi) is 6.16. The Morgan fingerprint density at radius 3 is 2.54 bits per heavy atom. The molecular weight excluding hydrogens is 374 g/mol. The quantitative estimate of drug-likeness (QED) is 0.611. The third-order valence-corrected chi connectivity index (χ3v) is 5.86. The number of aromatic amines is 1. The summed E-state index contributed by atoms with van der Waals surface area (Å²) in [5.41, 5.74) is 4.13. The summed E-state index contributed by atoms with van der Waals surface area (Å²) in [6, 6.07) is 15.6. The maximum Gasteiger partial charge on any atom is 0.235 e. The van der Waals surface area contributed by atoms with E-state index >= 15 is 0 Å². The Morgan fingerprint density at radius 1 is 1.11 bits per heavy atom. The summed E-state index contributed by atoms with van der Waals surface area (Å²) in [4.78, 5) is 15.5. The number of rotatable bonds is 8. The second kappa shape index (κ2) is 8.58. The van der Waals surface area contributed by atoms with E-state index in [1.807, 2.05) is 61.7 Å². The molecule has 0 fully saturated rings. The molecule has 0 spiro atoms. The smallest absolute Gasteiger partial charge is 0.235 e. The Balaban J connectivity index is 1.57. The van der Waals surface area contributed by atoms with Crippen LogP contribution in [0.1, 0.15) is 16.7 Å². The number of carbonyl (C=O) groups is 1. The Bertz CT molecular complexity index is 1060. The predicted octanol–water partition coefficient (Wildman–Crippen LogP) is 2.60. The van der Waals surface area contributed by atoms with Crippen LogP contribution in [0, 0.1) is 6.92 Å². The van der Waals surface area contributed by atoms with Gasteiger partial charge in [0.15, 0.2) is 0 Å². The van der Waals surface area contributed by atoms with Gasteiger partial charge in [0.2, 0.25) is 15.9 Å². The second-order valence-electron chi connectivity index (χ2n) is 6.98. The first-order valence-corrected chi connectivity index (χ1v) is 11.0. The van der Waals surface area contributed by atoms with Crippen molar-refractivity contribution < 1.29 is 13.2 Å². The van der Waals surface area contributed by atoms with E-state index in [1.165, 1.54) is 4.31 Å². The Hall–Kier alpha value is -2.64. The van der Waals surface area contributed by atoms with Gasteiger partial charge < -0.3 is 10.3 Å². The van der Waals surface area contributed by atoms with Crippen LogP contribution in [0.2, 0.25) is 0 Å². The van der Waals surface area contributed by atoms with E-state index in [2.05, 4.69) is 10.3 Å². The molecule has 0 atom stereocenters. The molecule has 0 aliphatic heterocycles. The van der Waals surface area contributed by atoms with Crippen LogP contribution in [0.3, 0.4) is 0 Å². The van der Waals surface area contributed by atoms with Crippen LogP contribution >= 0.6 is 0 Å². The van der Waals surface area contributed by atoms with Crippen molar-refractivity contribution in [1.82, 2.24) is 14.6 Å². The predicted molar refractivity (Wildman–Crippen MR) is 111 cm³/mol. The average Bonchev–Trinajstić information content (AvgIpc) is 3.05. The maximum atomic E-state index is 12.3. The highest BCUT2D eigenvalue weighted by molar-refractivity contribution is 7.88. The molecule has 6 nitrogen and oxygen atoms in total. The zero-order chi connectivity index (χ0) is 20.1. The largest absolute Gasteiger partial charge is 0.361 e. The van der Waals surface area contributed by atoms with Crippen molar-refractivity contribution in [1.29, 1.82) is 0 Å². The van der Waals surface area contributed by atoms with E-state index in [0.29, 0.717) is 13.0 Å². The van der Waals surface area contributed by atoms with Gasteiger partial charge in [-0.2, -0.15) is 4.31 Å². The Morgan fingerprint density at radius 2 is 1.82 bits per heavy atom. The molecule has 0 radical (unpaired) electrons. The number of nitrogens with zero attached hydrogens (tertiary/aromatic N) is 1. The molecule has 7 heteroatoms. The summed E-state index contributed by atoms with van der Waals surface area (Å²) < 4.78 is 25.4. The molecule has 0 saturated carbocycles. The molecule has 1 amide bonds. The average molecular weight is 400 g/mol. The van der Waals surface area contributed by atoms with Crippen LogP contribution in [0.25, 0.3) is 10.9 Å². The zero-order valence-corrected chi connectivity index (χ0v) is 16.9. The highest BCUT2D eigenvalue weighted by atomic mass is 32.2. The summed E-state index contributed by atoms with van der Waals surface area (Å²) in [6.07, 6.45) is 3.74. The number of fused-ring (bicyclic) bond motifs is 1. The van der Waals surface area contributed by atoms with Crippen LogP contribution in [0.5, 0.6) is 0 Å². The number of H-pyrrole nitrogens is 1. The number of hydrogen-bond donors (Lipinski definition) is 2. The zero-order valence-electron chi connectivity index (χ0n) is 16.1. The van der Waals surface area contributed by atoms with Crippen molar-refractivity contribution in [2.45, 2.75) is 19.9 Å². The van der Waals surface area contributed by atoms with Crippen molar-refractivity contribution in [3.05, 3.63) is 71.4 Å². The van der Waals surface area contributed by atoms with Crippen LogP contribution in [0.15, 0.2) is 54.7 Å². The highest BCUT2D eigenvalue weighted by Gasteiger charge is 2.20. The number of aromatic nitrogens is 1. The molecule has 1 heterocycles. The molecule has 2 N–H and O–H groups in total. The molecule has 0 aliphatic carbocycles. The minimum Gasteiger partial charge on any atom is -0.361 e. The van der Waals surface area contributed by atoms with Gasteiger partial charge in [-0.25, -0.2) is 8.42 Å². The molecule has 3 aromatic rings. The lowest BCUT2D eigenvalue weighted by atomic mass is 10.1. The van der Waals surface area contributed by atoms with Gasteiger partial charge in [0, 0.05) is 30.2 Å². The molecule has 0 saturated heterocycles. The number of nitrogens with one attached hydrogen (secondary N) is 2. The van der Waals surface area contributed by atoms with Gasteiger partial charge in [0.1, 0.15) is 0 Å². The number of sulfonamides is 1. The standard InChI is InChI=1S/C21H25N3O3S/c1-16-7-9-17(10-8-16)14-24(28(2,26)27)15-21(25)22-12-11-18-13-23-20-6-4-3-5-19(18)20/h3-10,13,23H,11-12,14-15H2,1-2H3,(H,22,25). The van der Waals surface area contributed by atoms with Gasteiger partial charge in [0.05, 0.1) is 12.8 Å². The minimum absolute atomic E-state index is 0.176. The molecular formula is C21H25N3O3S. The monoisotopic (exact) mass is 399 g/mol. The third-order valence-electron chi connectivity index (χ3n) is 4.66. The van der Waals surface area contributed by atoms with E-state index in [-0.39, 0.29) is 19.0 Å². The number of para-hydroxylation sites is 1. The first-order chi connectivity index (χ1) is 13.3. The number of amides is 1. The van der Waals surface area contributed by atoms with Crippen LogP contribution in [-0.2, 0) is 27.8 Å². The fraction of sp³-hybridized carbons (Fsp3) is 0.286. The summed E-state index contributed by atoms with van der Waals surface area (Å²) in [6.45, 7) is 2.40. The molecule has 28 heavy (non-hydrogen) atoms. The van der Waals surface area contributed by atoms with Gasteiger partial charge in [-0.3, -0.25) is 4.79 Å². The summed E-state index contributed by atoms with van der Waals surface area (Å²) in [5, 5.41) is 3.96. The SMILES string of the molecule is Cc1ccc(CN(CC(=O)NCCc2c[nH]c3ccccc23)S(C)(=O)=O)cc1. The van der Waals surface area contributed by atoms with Crippen molar-refractivity contribution in [2.24, 2.45) is 0 Å². The van der Waals surface area contributed by atoms with Crippen molar-refractivity contribution >= 4 is 26.8 Å². The summed E-state index contributed by atoms with van der Waals surface area (Å²) in [7, 11) is -3.50. The van der Waals surface area contributed by atoms with Crippen molar-refractivity contribution in [2.75, 3.05) is 19.3 Å². The number of carbonyl (C=O) groups excluding carboxylic acids is 1. The molecule has 0 bridgehead atoms. The Labute approximate surface area is 165 Å². The van der Waals surface area contributed by atoms with Crippen LogP contribution in [-0.4, -0.2) is 43.0 Å². The van der Waals surface area contributed by atoms with E-state index in [1.54, 1.807) is 0 Å².